The molecule has 0 amide bonds. The van der Waals surface area contributed by atoms with Crippen LogP contribution in [-0.4, -0.2) is 24.5 Å². The van der Waals surface area contributed by atoms with Crippen LogP contribution in [0.25, 0.3) is 0 Å². The molecule has 9 heteroatoms. The fourth-order valence-corrected chi connectivity index (χ4v) is 4.23. The van der Waals surface area contributed by atoms with Crippen LogP contribution in [0, 0.1) is 0 Å². The van der Waals surface area contributed by atoms with Crippen LogP contribution in [0.3, 0.4) is 0 Å². The molecule has 3 rings (SSSR count). The van der Waals surface area contributed by atoms with Crippen molar-refractivity contribution in [2.45, 2.75) is 4.90 Å². The fraction of sp³-hybridized carbons (Fsp3) is 0. The van der Waals surface area contributed by atoms with Gasteiger partial charge in [0.25, 0.3) is 0 Å². The van der Waals surface area contributed by atoms with E-state index >= 15 is 0 Å². The third-order valence-corrected chi connectivity index (χ3v) is 5.31. The van der Waals surface area contributed by atoms with Gasteiger partial charge in [0.2, 0.25) is 0 Å². The molecule has 0 bridgehead atoms. The second-order valence-electron chi connectivity index (χ2n) is 4.58. The number of fused-ring (bicyclic) bond motifs is 2. The summed E-state index contributed by atoms with van der Waals surface area (Å²) in [6.07, 6.45) is 0. The number of carbonyl (C=O) groups is 2. The molecule has 0 fully saturated rings. The Morgan fingerprint density at radius 3 is 1.96 bits per heavy atom. The molecule has 1 aliphatic rings. The van der Waals surface area contributed by atoms with Gasteiger partial charge >= 0.3 is 29.6 Å². The molecule has 112 valence electrons. The average molecular weight is 424 g/mol. The van der Waals surface area contributed by atoms with E-state index in [1.807, 2.05) is 0 Å². The predicted molar refractivity (Wildman–Crippen MR) is 80.4 cm³/mol. The molecule has 5 nitrogen and oxygen atoms in total. The molecule has 0 saturated heterocycles. The molecule has 0 unspecified atom stereocenters. The molecule has 0 saturated carbocycles. The smallest absolute Gasteiger partial charge is 0.744 e. The van der Waals surface area contributed by atoms with E-state index in [1.165, 1.54) is 12.1 Å². The summed E-state index contributed by atoms with van der Waals surface area (Å²) in [6.45, 7) is 0. The van der Waals surface area contributed by atoms with E-state index in [2.05, 4.69) is 15.9 Å². The van der Waals surface area contributed by atoms with Gasteiger partial charge in [-0.25, -0.2) is 8.42 Å². The van der Waals surface area contributed by atoms with Crippen LogP contribution in [0.1, 0.15) is 31.8 Å². The van der Waals surface area contributed by atoms with Gasteiger partial charge in [-0.15, -0.1) is 0 Å². The van der Waals surface area contributed by atoms with Crippen molar-refractivity contribution in [1.29, 1.82) is 0 Å². The van der Waals surface area contributed by atoms with Crippen molar-refractivity contribution in [3.05, 3.63) is 62.1 Å². The van der Waals surface area contributed by atoms with E-state index in [-0.39, 0.29) is 56.3 Å². The third-order valence-electron chi connectivity index (χ3n) is 3.32. The van der Waals surface area contributed by atoms with Gasteiger partial charge in [-0.2, -0.15) is 0 Å². The minimum absolute atomic E-state index is 0. The van der Waals surface area contributed by atoms with E-state index < -0.39 is 31.6 Å². The van der Waals surface area contributed by atoms with Crippen LogP contribution < -0.4 is 29.6 Å². The minimum Gasteiger partial charge on any atom is -0.744 e. The van der Waals surface area contributed by atoms with Gasteiger partial charge in [0.1, 0.15) is 10.1 Å². The maximum atomic E-state index is 12.6. The molecule has 0 aliphatic heterocycles. The maximum Gasteiger partial charge on any atom is 1.00 e. The molecule has 23 heavy (non-hydrogen) atoms. The van der Waals surface area contributed by atoms with Crippen molar-refractivity contribution in [3.63, 3.8) is 0 Å². The summed E-state index contributed by atoms with van der Waals surface area (Å²) in [4.78, 5) is 24.3. The molecule has 0 atom stereocenters. The van der Waals surface area contributed by atoms with Gasteiger partial charge in [-0.3, -0.25) is 9.59 Å². The summed E-state index contributed by atoms with van der Waals surface area (Å²) in [5, 5.41) is -0.527. The van der Waals surface area contributed by atoms with Crippen molar-refractivity contribution >= 4 is 49.2 Å². The molecule has 0 radical (unpaired) electrons. The zero-order valence-corrected chi connectivity index (χ0v) is 16.8. The van der Waals surface area contributed by atoms with Crippen LogP contribution in [0.2, 0.25) is 5.02 Å². The first-order valence-electron chi connectivity index (χ1n) is 5.90. The number of hydrogen-bond donors (Lipinski definition) is 0. The standard InChI is InChI=1S/C14H6BrClO5S.Na/c15-8-5-9(22(19,20)21)12(16)11-10(8)13(17)6-3-1-2-4-7(6)14(11)18;/h1-5H,(H,19,20,21);/q;+1/p-1. The first-order chi connectivity index (χ1) is 10.2. The Kier molecular flexibility index (Phi) is 5.23. The summed E-state index contributed by atoms with van der Waals surface area (Å²) >= 11 is 8.98. The molecule has 1 aliphatic carbocycles. The first kappa shape index (κ1) is 18.8. The minimum atomic E-state index is -4.88. The van der Waals surface area contributed by atoms with E-state index in [4.69, 9.17) is 11.6 Å². The van der Waals surface area contributed by atoms with E-state index in [1.54, 1.807) is 12.1 Å². The maximum absolute atomic E-state index is 12.6. The molecular weight excluding hydrogens is 419 g/mol. The van der Waals surface area contributed by atoms with Crippen LogP contribution in [0.5, 0.6) is 0 Å². The Balaban J connectivity index is 0.00000192. The second-order valence-corrected chi connectivity index (χ2v) is 7.16. The van der Waals surface area contributed by atoms with Crippen molar-refractivity contribution in [3.8, 4) is 0 Å². The molecule has 0 N–H and O–H groups in total. The van der Waals surface area contributed by atoms with Gasteiger partial charge in [0.05, 0.1) is 15.5 Å². The normalized spacial score (nSPS) is 13.2. The quantitative estimate of drug-likeness (QED) is 0.399. The van der Waals surface area contributed by atoms with Gasteiger partial charge in [0, 0.05) is 21.2 Å². The molecular formula is C14H5BrClNaO5S. The molecule has 0 heterocycles. The van der Waals surface area contributed by atoms with Gasteiger partial charge in [0.15, 0.2) is 11.6 Å². The number of ketones is 2. The van der Waals surface area contributed by atoms with Crippen LogP contribution in [0.15, 0.2) is 39.7 Å². The zero-order valence-electron chi connectivity index (χ0n) is 11.6. The van der Waals surface area contributed by atoms with Gasteiger partial charge in [-0.05, 0) is 22.0 Å². The average Bonchev–Trinajstić information content (AvgIpc) is 2.45. The van der Waals surface area contributed by atoms with Crippen molar-refractivity contribution < 1.29 is 52.1 Å². The van der Waals surface area contributed by atoms with Crippen LogP contribution >= 0.6 is 27.5 Å². The second kappa shape index (κ2) is 6.40. The van der Waals surface area contributed by atoms with Crippen molar-refractivity contribution in [2.75, 3.05) is 0 Å². The van der Waals surface area contributed by atoms with E-state index in [0.717, 1.165) is 6.07 Å². The molecule has 2 aromatic rings. The summed E-state index contributed by atoms with van der Waals surface area (Å²) < 4.78 is 33.8. The van der Waals surface area contributed by atoms with E-state index in [9.17, 15) is 22.6 Å². The molecule has 0 aromatic heterocycles. The number of halogens is 2. The van der Waals surface area contributed by atoms with Gasteiger partial charge in [-0.1, -0.05) is 35.9 Å². The van der Waals surface area contributed by atoms with E-state index in [0.29, 0.717) is 0 Å². The SMILES string of the molecule is O=C1c2ccccc2C(=O)c2c(Cl)c(S(=O)(=O)[O-])cc(Br)c21.[Na+]. The Morgan fingerprint density at radius 1 is 1.00 bits per heavy atom. The number of hydrogen-bond acceptors (Lipinski definition) is 5. The van der Waals surface area contributed by atoms with Crippen molar-refractivity contribution in [1.82, 2.24) is 0 Å². The number of rotatable bonds is 1. The first-order valence-corrected chi connectivity index (χ1v) is 8.47. The molecule has 2 aromatic carbocycles. The Hall–Kier alpha value is -0.540. The Labute approximate surface area is 167 Å². The van der Waals surface area contributed by atoms with Crippen molar-refractivity contribution in [2.24, 2.45) is 0 Å². The summed E-state index contributed by atoms with van der Waals surface area (Å²) in [5.74, 6) is -1.06. The summed E-state index contributed by atoms with van der Waals surface area (Å²) in [5.41, 5.74) is 0.0130. The summed E-state index contributed by atoms with van der Waals surface area (Å²) in [6, 6.07) is 7.08. The Morgan fingerprint density at radius 2 is 1.48 bits per heavy atom. The Bertz CT molecular complexity index is 971. The van der Waals surface area contributed by atoms with Gasteiger partial charge < -0.3 is 4.55 Å². The fourth-order valence-electron chi connectivity index (χ4n) is 2.37. The zero-order chi connectivity index (χ0) is 16.2. The third kappa shape index (κ3) is 2.95. The number of carbonyl (C=O) groups excluding carboxylic acids is 2. The number of benzene rings is 2. The van der Waals surface area contributed by atoms with Crippen LogP contribution in [-0.2, 0) is 10.1 Å². The summed E-state index contributed by atoms with van der Waals surface area (Å²) in [7, 11) is -4.88. The van der Waals surface area contributed by atoms with Crippen LogP contribution in [0.4, 0.5) is 0 Å². The topological polar surface area (TPSA) is 91.3 Å². The molecule has 0 spiro atoms. The largest absolute Gasteiger partial charge is 1.00 e. The predicted octanol–water partition coefficient (Wildman–Crippen LogP) is -0.214. The monoisotopic (exact) mass is 422 g/mol.